The monoisotopic (exact) mass is 169 g/mol. The molecular formula is C8H11NO3. The Kier molecular flexibility index (Phi) is 1.56. The Morgan fingerprint density at radius 3 is 2.83 bits per heavy atom. The lowest BCUT2D eigenvalue weighted by molar-refractivity contribution is -0.129. The van der Waals surface area contributed by atoms with Crippen LogP contribution in [0.4, 0.5) is 4.79 Å². The summed E-state index contributed by atoms with van der Waals surface area (Å²) in [5.41, 5.74) is 0. The van der Waals surface area contributed by atoms with E-state index in [1.165, 1.54) is 0 Å². The van der Waals surface area contributed by atoms with Crippen LogP contribution in [-0.2, 0) is 4.79 Å². The molecule has 4 heteroatoms. The third-order valence-electron chi connectivity index (χ3n) is 2.80. The lowest BCUT2D eigenvalue weighted by Crippen LogP contribution is -2.37. The maximum atomic E-state index is 11.4. The molecule has 1 heterocycles. The molecule has 2 atom stereocenters. The van der Waals surface area contributed by atoms with Crippen LogP contribution >= 0.6 is 0 Å². The van der Waals surface area contributed by atoms with Gasteiger partial charge in [-0.2, -0.15) is 0 Å². The van der Waals surface area contributed by atoms with Crippen molar-refractivity contribution < 1.29 is 14.7 Å². The third-order valence-corrected chi connectivity index (χ3v) is 2.80. The zero-order valence-corrected chi connectivity index (χ0v) is 6.69. The highest BCUT2D eigenvalue weighted by molar-refractivity contribution is 5.95. The van der Waals surface area contributed by atoms with E-state index in [1.54, 1.807) is 0 Å². The molecule has 2 unspecified atom stereocenters. The van der Waals surface area contributed by atoms with Gasteiger partial charge in [0.25, 0.3) is 0 Å². The normalized spacial score (nSPS) is 34.0. The van der Waals surface area contributed by atoms with Gasteiger partial charge in [-0.3, -0.25) is 4.79 Å². The Morgan fingerprint density at radius 1 is 1.50 bits per heavy atom. The summed E-state index contributed by atoms with van der Waals surface area (Å²) in [4.78, 5) is 23.1. The maximum Gasteiger partial charge on any atom is 0.414 e. The van der Waals surface area contributed by atoms with Gasteiger partial charge in [-0.15, -0.1) is 0 Å². The number of fused-ring (bicyclic) bond motifs is 2. The smallest absolute Gasteiger partial charge is 0.414 e. The van der Waals surface area contributed by atoms with E-state index < -0.39 is 6.09 Å². The summed E-state index contributed by atoms with van der Waals surface area (Å²) in [6.45, 7) is 0. The third kappa shape index (κ3) is 0.906. The number of hydrogen-bond donors (Lipinski definition) is 1. The van der Waals surface area contributed by atoms with Gasteiger partial charge in [0.2, 0.25) is 5.91 Å². The standard InChI is InChI=1S/C8H11NO3/c10-7-5-2-1-3-6(4-5)9(7)8(11)12/h5-6H,1-4H2,(H,11,12). The zero-order chi connectivity index (χ0) is 8.72. The van der Waals surface area contributed by atoms with Crippen molar-refractivity contribution in [2.24, 2.45) is 5.92 Å². The van der Waals surface area contributed by atoms with Crippen LogP contribution in [0.15, 0.2) is 0 Å². The molecule has 2 bridgehead atoms. The first-order valence-corrected chi connectivity index (χ1v) is 4.26. The molecule has 0 spiro atoms. The van der Waals surface area contributed by atoms with E-state index in [1.807, 2.05) is 0 Å². The van der Waals surface area contributed by atoms with Crippen LogP contribution in [0.5, 0.6) is 0 Å². The number of nitrogens with zero attached hydrogens (tertiary/aromatic N) is 1. The second kappa shape index (κ2) is 2.47. The van der Waals surface area contributed by atoms with Crippen molar-refractivity contribution in [3.63, 3.8) is 0 Å². The molecule has 1 aliphatic heterocycles. The van der Waals surface area contributed by atoms with Crippen LogP contribution < -0.4 is 0 Å². The first kappa shape index (κ1) is 7.58. The van der Waals surface area contributed by atoms with E-state index in [0.717, 1.165) is 30.6 Å². The molecule has 0 aromatic rings. The number of carbonyl (C=O) groups is 2. The summed E-state index contributed by atoms with van der Waals surface area (Å²) in [5.74, 6) is -0.176. The second-order valence-corrected chi connectivity index (χ2v) is 3.51. The lowest BCUT2D eigenvalue weighted by atomic mass is 9.90. The fourth-order valence-corrected chi connectivity index (χ4v) is 2.25. The minimum Gasteiger partial charge on any atom is -0.465 e. The van der Waals surface area contributed by atoms with Crippen LogP contribution in [0.25, 0.3) is 0 Å². The predicted octanol–water partition coefficient (Wildman–Crippen LogP) is 1.07. The molecule has 0 aromatic heterocycles. The first-order valence-electron chi connectivity index (χ1n) is 4.26. The van der Waals surface area contributed by atoms with Gasteiger partial charge < -0.3 is 5.11 Å². The molecule has 66 valence electrons. The Labute approximate surface area is 70.2 Å². The SMILES string of the molecule is O=C(O)N1C(=O)C2CCCC1C2. The molecule has 1 saturated carbocycles. The van der Waals surface area contributed by atoms with E-state index in [-0.39, 0.29) is 17.9 Å². The average Bonchev–Trinajstić information content (AvgIpc) is 2.24. The molecule has 0 aromatic carbocycles. The highest BCUT2D eigenvalue weighted by atomic mass is 16.4. The quantitative estimate of drug-likeness (QED) is 0.590. The molecule has 1 saturated heterocycles. The Bertz CT molecular complexity index is 238. The molecular weight excluding hydrogens is 158 g/mol. The van der Waals surface area contributed by atoms with E-state index in [9.17, 15) is 9.59 Å². The number of hydrogen-bond acceptors (Lipinski definition) is 2. The minimum absolute atomic E-state index is 0.000139. The Morgan fingerprint density at radius 2 is 2.25 bits per heavy atom. The average molecular weight is 169 g/mol. The largest absolute Gasteiger partial charge is 0.465 e. The predicted molar refractivity (Wildman–Crippen MR) is 40.6 cm³/mol. The van der Waals surface area contributed by atoms with Crippen LogP contribution in [0.2, 0.25) is 0 Å². The van der Waals surface area contributed by atoms with Gasteiger partial charge in [0.05, 0.1) is 0 Å². The Balaban J connectivity index is 2.24. The van der Waals surface area contributed by atoms with Crippen molar-refractivity contribution in [1.29, 1.82) is 0 Å². The van der Waals surface area contributed by atoms with E-state index >= 15 is 0 Å². The van der Waals surface area contributed by atoms with Crippen molar-refractivity contribution in [3.05, 3.63) is 0 Å². The topological polar surface area (TPSA) is 57.6 Å². The number of amides is 2. The summed E-state index contributed by atoms with van der Waals surface area (Å²) in [6, 6.07) is -0.0197. The van der Waals surface area contributed by atoms with Crippen LogP contribution in [0.1, 0.15) is 25.7 Å². The summed E-state index contributed by atoms with van der Waals surface area (Å²) in [6.07, 6.45) is 2.40. The zero-order valence-electron chi connectivity index (χ0n) is 6.69. The van der Waals surface area contributed by atoms with E-state index in [2.05, 4.69) is 0 Å². The highest BCUT2D eigenvalue weighted by Crippen LogP contribution is 2.36. The van der Waals surface area contributed by atoms with Gasteiger partial charge in [-0.25, -0.2) is 9.69 Å². The van der Waals surface area contributed by atoms with E-state index in [4.69, 9.17) is 5.11 Å². The van der Waals surface area contributed by atoms with Crippen molar-refractivity contribution >= 4 is 12.0 Å². The molecule has 0 radical (unpaired) electrons. The van der Waals surface area contributed by atoms with Crippen molar-refractivity contribution in [1.82, 2.24) is 4.90 Å². The molecule has 2 amide bonds. The van der Waals surface area contributed by atoms with Gasteiger partial charge in [0.1, 0.15) is 0 Å². The molecule has 1 N–H and O–H groups in total. The van der Waals surface area contributed by atoms with Crippen LogP contribution in [-0.4, -0.2) is 28.0 Å². The van der Waals surface area contributed by atoms with Gasteiger partial charge in [0, 0.05) is 12.0 Å². The Hall–Kier alpha value is -1.06. The van der Waals surface area contributed by atoms with Gasteiger partial charge >= 0.3 is 6.09 Å². The summed E-state index contributed by atoms with van der Waals surface area (Å²) in [7, 11) is 0. The van der Waals surface area contributed by atoms with Crippen LogP contribution in [0, 0.1) is 5.92 Å². The summed E-state index contributed by atoms with van der Waals surface area (Å²) in [5, 5.41) is 8.74. The van der Waals surface area contributed by atoms with Crippen LogP contribution in [0.3, 0.4) is 0 Å². The molecule has 2 fully saturated rings. The maximum absolute atomic E-state index is 11.4. The van der Waals surface area contributed by atoms with Crippen molar-refractivity contribution in [3.8, 4) is 0 Å². The number of rotatable bonds is 0. The lowest BCUT2D eigenvalue weighted by Gasteiger charge is -2.19. The minimum atomic E-state index is -1.07. The summed E-state index contributed by atoms with van der Waals surface area (Å²) < 4.78 is 0. The molecule has 1 aliphatic carbocycles. The summed E-state index contributed by atoms with van der Waals surface area (Å²) >= 11 is 0. The number of imide groups is 1. The molecule has 2 rings (SSSR count). The molecule has 2 aliphatic rings. The fraction of sp³-hybridized carbons (Fsp3) is 0.750. The second-order valence-electron chi connectivity index (χ2n) is 3.51. The van der Waals surface area contributed by atoms with Crippen molar-refractivity contribution in [2.75, 3.05) is 0 Å². The number of carbonyl (C=O) groups excluding carboxylic acids is 1. The highest BCUT2D eigenvalue weighted by Gasteiger charge is 2.44. The van der Waals surface area contributed by atoms with Gasteiger partial charge in [0.15, 0.2) is 0 Å². The van der Waals surface area contributed by atoms with Gasteiger partial charge in [-0.05, 0) is 19.3 Å². The first-order chi connectivity index (χ1) is 5.70. The number of likely N-dealkylation sites (tertiary alicyclic amines) is 1. The van der Waals surface area contributed by atoms with Crippen molar-refractivity contribution in [2.45, 2.75) is 31.7 Å². The van der Waals surface area contributed by atoms with E-state index in [0.29, 0.717) is 0 Å². The van der Waals surface area contributed by atoms with Gasteiger partial charge in [-0.1, -0.05) is 6.42 Å². The fourth-order valence-electron chi connectivity index (χ4n) is 2.25. The number of carboxylic acid groups (broad SMARTS) is 1. The molecule has 4 nitrogen and oxygen atoms in total. The molecule has 12 heavy (non-hydrogen) atoms.